The van der Waals surface area contributed by atoms with E-state index in [1.807, 2.05) is 37.3 Å². The van der Waals surface area contributed by atoms with E-state index in [-0.39, 0.29) is 17.2 Å². The number of carbonyl (C=O) groups is 1. The van der Waals surface area contributed by atoms with Crippen LogP contribution in [0.4, 0.5) is 0 Å². The van der Waals surface area contributed by atoms with Crippen molar-refractivity contribution in [3.63, 3.8) is 0 Å². The molecule has 0 fully saturated rings. The molecule has 0 aliphatic heterocycles. The molecule has 0 saturated heterocycles. The molecule has 0 radical (unpaired) electrons. The molecule has 2 N–H and O–H groups in total. The lowest BCUT2D eigenvalue weighted by atomic mass is 10.1. The fraction of sp³-hybridized carbons (Fsp3) is 0.111. The molecular weight excluding hydrogens is 312 g/mol. The van der Waals surface area contributed by atoms with E-state index in [1.165, 1.54) is 6.20 Å². The molecule has 0 aliphatic carbocycles. The summed E-state index contributed by atoms with van der Waals surface area (Å²) in [7, 11) is 0. The van der Waals surface area contributed by atoms with Gasteiger partial charge in [0.2, 0.25) is 0 Å². The van der Waals surface area contributed by atoms with Crippen molar-refractivity contribution in [3.8, 4) is 5.75 Å². The van der Waals surface area contributed by atoms with Gasteiger partial charge < -0.3 is 10.4 Å². The summed E-state index contributed by atoms with van der Waals surface area (Å²) in [5.41, 5.74) is 2.74. The second-order valence-electron chi connectivity index (χ2n) is 5.35. The summed E-state index contributed by atoms with van der Waals surface area (Å²) < 4.78 is 0. The number of nitrogens with one attached hydrogen (secondary N) is 1. The molecule has 1 aromatic heterocycles. The van der Waals surface area contributed by atoms with Gasteiger partial charge in [-0.3, -0.25) is 9.78 Å². The highest BCUT2D eigenvalue weighted by molar-refractivity contribution is 6.30. The van der Waals surface area contributed by atoms with E-state index in [0.29, 0.717) is 22.5 Å². The van der Waals surface area contributed by atoms with E-state index >= 15 is 0 Å². The van der Waals surface area contributed by atoms with Gasteiger partial charge >= 0.3 is 0 Å². The first-order valence-corrected chi connectivity index (χ1v) is 7.53. The van der Waals surface area contributed by atoms with Gasteiger partial charge in [0, 0.05) is 23.2 Å². The molecule has 0 aliphatic rings. The zero-order valence-corrected chi connectivity index (χ0v) is 13.3. The van der Waals surface area contributed by atoms with Gasteiger partial charge in [-0.05, 0) is 36.8 Å². The Hall–Kier alpha value is -2.59. The fourth-order valence-electron chi connectivity index (χ4n) is 2.34. The van der Waals surface area contributed by atoms with Gasteiger partial charge in [-0.1, -0.05) is 35.4 Å². The average Bonchev–Trinajstić information content (AvgIpc) is 2.55. The predicted octanol–water partition coefficient (Wildman–Crippen LogP) is 3.83. The van der Waals surface area contributed by atoms with Crippen molar-refractivity contribution < 1.29 is 9.90 Å². The summed E-state index contributed by atoms with van der Waals surface area (Å²) in [6.07, 6.45) is 1.39. The minimum Gasteiger partial charge on any atom is -0.506 e. The third kappa shape index (κ3) is 3.27. The first kappa shape index (κ1) is 15.3. The number of pyridine rings is 1. The number of nitrogens with zero attached hydrogens (tertiary/aromatic N) is 1. The van der Waals surface area contributed by atoms with E-state index in [0.717, 1.165) is 11.1 Å². The van der Waals surface area contributed by atoms with Gasteiger partial charge in [0.25, 0.3) is 5.91 Å². The summed E-state index contributed by atoms with van der Waals surface area (Å²) in [6.45, 7) is 2.27. The summed E-state index contributed by atoms with van der Waals surface area (Å²) in [6, 6.07) is 12.7. The average molecular weight is 327 g/mol. The smallest absolute Gasteiger partial charge is 0.256 e. The summed E-state index contributed by atoms with van der Waals surface area (Å²) >= 11 is 5.83. The van der Waals surface area contributed by atoms with Gasteiger partial charge in [-0.15, -0.1) is 0 Å². The Kier molecular flexibility index (Phi) is 4.17. The number of aryl methyl sites for hydroxylation is 1. The maximum Gasteiger partial charge on any atom is 0.256 e. The summed E-state index contributed by atoms with van der Waals surface area (Å²) in [5.74, 6) is -0.416. The topological polar surface area (TPSA) is 62.2 Å². The van der Waals surface area contributed by atoms with Crippen LogP contribution in [0.15, 0.2) is 48.7 Å². The van der Waals surface area contributed by atoms with Crippen LogP contribution in [0.25, 0.3) is 10.9 Å². The minimum atomic E-state index is -0.367. The molecule has 4 nitrogen and oxygen atoms in total. The molecule has 1 heterocycles. The monoisotopic (exact) mass is 326 g/mol. The largest absolute Gasteiger partial charge is 0.506 e. The van der Waals surface area contributed by atoms with E-state index in [4.69, 9.17) is 11.6 Å². The van der Waals surface area contributed by atoms with Crippen LogP contribution >= 0.6 is 11.6 Å². The van der Waals surface area contributed by atoms with Gasteiger partial charge in [-0.25, -0.2) is 0 Å². The summed E-state index contributed by atoms with van der Waals surface area (Å²) in [5, 5.41) is 14.4. The lowest BCUT2D eigenvalue weighted by Crippen LogP contribution is -2.23. The van der Waals surface area contributed by atoms with Crippen LogP contribution in [0.1, 0.15) is 21.5 Å². The van der Waals surface area contributed by atoms with Crippen LogP contribution in [0.5, 0.6) is 5.75 Å². The molecule has 0 saturated carbocycles. The Balaban J connectivity index is 1.83. The number of halogens is 1. The Morgan fingerprint density at radius 2 is 1.96 bits per heavy atom. The van der Waals surface area contributed by atoms with Crippen LogP contribution in [0.3, 0.4) is 0 Å². The van der Waals surface area contributed by atoms with Crippen molar-refractivity contribution in [2.24, 2.45) is 0 Å². The molecule has 1 amide bonds. The number of fused-ring (bicyclic) bond motifs is 1. The lowest BCUT2D eigenvalue weighted by Gasteiger charge is -2.09. The predicted molar refractivity (Wildman–Crippen MR) is 90.8 cm³/mol. The molecule has 5 heteroatoms. The Labute approximate surface area is 138 Å². The molecule has 0 atom stereocenters. The molecule has 116 valence electrons. The quantitative estimate of drug-likeness (QED) is 0.769. The van der Waals surface area contributed by atoms with Crippen molar-refractivity contribution in [3.05, 3.63) is 70.4 Å². The van der Waals surface area contributed by atoms with Crippen LogP contribution in [0.2, 0.25) is 5.02 Å². The molecule has 0 unspecified atom stereocenters. The van der Waals surface area contributed by atoms with Crippen molar-refractivity contribution >= 4 is 28.4 Å². The molecule has 0 bridgehead atoms. The summed E-state index contributed by atoms with van der Waals surface area (Å²) in [4.78, 5) is 16.5. The molecule has 3 rings (SSSR count). The number of aromatic nitrogens is 1. The Morgan fingerprint density at radius 1 is 1.22 bits per heavy atom. The Bertz CT molecular complexity index is 876. The minimum absolute atomic E-state index is 0.0488. The SMILES string of the molecule is Cc1ccc2ncc(C(=O)NCc3ccc(Cl)cc3)c(O)c2c1. The number of carbonyl (C=O) groups excluding carboxylic acids is 1. The lowest BCUT2D eigenvalue weighted by molar-refractivity contribution is 0.0948. The number of rotatable bonds is 3. The Morgan fingerprint density at radius 3 is 2.70 bits per heavy atom. The van der Waals surface area contributed by atoms with Crippen molar-refractivity contribution in [1.29, 1.82) is 0 Å². The molecule has 0 spiro atoms. The third-order valence-electron chi connectivity index (χ3n) is 3.61. The van der Waals surface area contributed by atoms with Gasteiger partial charge in [0.15, 0.2) is 0 Å². The standard InChI is InChI=1S/C18H15ClN2O2/c1-11-2-7-16-14(8-11)17(22)15(10-20-16)18(23)21-9-12-3-5-13(19)6-4-12/h2-8,10H,9H2,1H3,(H,20,22)(H,21,23). The maximum atomic E-state index is 12.3. The van der Waals surface area contributed by atoms with Crippen LogP contribution < -0.4 is 5.32 Å². The number of amides is 1. The first-order chi connectivity index (χ1) is 11.0. The number of hydrogen-bond acceptors (Lipinski definition) is 3. The van der Waals surface area contributed by atoms with E-state index in [1.54, 1.807) is 12.1 Å². The molecule has 23 heavy (non-hydrogen) atoms. The second kappa shape index (κ2) is 6.26. The van der Waals surface area contributed by atoms with Gasteiger partial charge in [-0.2, -0.15) is 0 Å². The van der Waals surface area contributed by atoms with E-state index in [9.17, 15) is 9.90 Å². The number of aromatic hydroxyl groups is 1. The zero-order chi connectivity index (χ0) is 16.4. The number of benzene rings is 2. The fourth-order valence-corrected chi connectivity index (χ4v) is 2.46. The first-order valence-electron chi connectivity index (χ1n) is 7.15. The van der Waals surface area contributed by atoms with Crippen molar-refractivity contribution in [2.45, 2.75) is 13.5 Å². The number of hydrogen-bond donors (Lipinski definition) is 2. The van der Waals surface area contributed by atoms with Crippen molar-refractivity contribution in [1.82, 2.24) is 10.3 Å². The zero-order valence-electron chi connectivity index (χ0n) is 12.5. The van der Waals surface area contributed by atoms with Gasteiger partial charge in [0.1, 0.15) is 11.3 Å². The molecular formula is C18H15ClN2O2. The van der Waals surface area contributed by atoms with Gasteiger partial charge in [0.05, 0.1) is 5.52 Å². The highest BCUT2D eigenvalue weighted by Crippen LogP contribution is 2.27. The van der Waals surface area contributed by atoms with E-state index in [2.05, 4.69) is 10.3 Å². The maximum absolute atomic E-state index is 12.3. The third-order valence-corrected chi connectivity index (χ3v) is 3.86. The highest BCUT2D eigenvalue weighted by atomic mass is 35.5. The highest BCUT2D eigenvalue weighted by Gasteiger charge is 2.14. The van der Waals surface area contributed by atoms with E-state index < -0.39 is 0 Å². The molecule has 3 aromatic rings. The second-order valence-corrected chi connectivity index (χ2v) is 5.79. The van der Waals surface area contributed by atoms with Crippen LogP contribution in [-0.4, -0.2) is 16.0 Å². The van der Waals surface area contributed by atoms with Crippen LogP contribution in [0, 0.1) is 6.92 Å². The van der Waals surface area contributed by atoms with Crippen LogP contribution in [-0.2, 0) is 6.54 Å². The molecule has 2 aromatic carbocycles. The normalized spacial score (nSPS) is 10.7. The van der Waals surface area contributed by atoms with Crippen molar-refractivity contribution in [2.75, 3.05) is 0 Å².